The molecule has 5 heteroatoms. The summed E-state index contributed by atoms with van der Waals surface area (Å²) in [6, 6.07) is 0. The van der Waals surface area contributed by atoms with Gasteiger partial charge < -0.3 is 5.11 Å². The number of aliphatic hydroxyl groups is 1. The lowest BCUT2D eigenvalue weighted by Gasteiger charge is -2.22. The van der Waals surface area contributed by atoms with Crippen LogP contribution in [-0.4, -0.2) is 30.9 Å². The molecule has 0 radical (unpaired) electrons. The Bertz CT molecular complexity index is 373. The number of rotatable bonds is 2. The fourth-order valence-electron chi connectivity index (χ4n) is 2.60. The molecule has 1 aromatic heterocycles. The Balaban J connectivity index is 1.81. The van der Waals surface area contributed by atoms with Crippen LogP contribution in [0.15, 0.2) is 0 Å². The minimum Gasteiger partial charge on any atom is -0.373 e. The lowest BCUT2D eigenvalue weighted by molar-refractivity contribution is 0.0749. The van der Waals surface area contributed by atoms with Gasteiger partial charge in [0.1, 0.15) is 17.9 Å². The van der Waals surface area contributed by atoms with E-state index >= 15 is 0 Å². The molecule has 0 aromatic carbocycles. The van der Waals surface area contributed by atoms with Crippen molar-refractivity contribution in [2.45, 2.75) is 50.0 Å². The van der Waals surface area contributed by atoms with Crippen LogP contribution in [0.1, 0.15) is 43.6 Å². The normalized spacial score (nSPS) is 29.3. The van der Waals surface area contributed by atoms with E-state index in [0.29, 0.717) is 5.25 Å². The maximum Gasteiger partial charge on any atom is 0.136 e. The Labute approximate surface area is 99.4 Å². The molecule has 4 nitrogen and oxygen atoms in total. The van der Waals surface area contributed by atoms with Crippen LogP contribution in [0.2, 0.25) is 0 Å². The van der Waals surface area contributed by atoms with Crippen molar-refractivity contribution in [2.75, 3.05) is 5.75 Å². The van der Waals surface area contributed by atoms with E-state index in [2.05, 4.69) is 10.2 Å². The molecular formula is C11H17N3OS. The molecule has 0 aliphatic carbocycles. The average molecular weight is 239 g/mol. The third kappa shape index (κ3) is 1.86. The zero-order valence-corrected chi connectivity index (χ0v) is 10.1. The van der Waals surface area contributed by atoms with Crippen LogP contribution in [0.25, 0.3) is 0 Å². The molecule has 2 atom stereocenters. The molecule has 3 heterocycles. The van der Waals surface area contributed by atoms with E-state index in [4.69, 9.17) is 0 Å². The van der Waals surface area contributed by atoms with Gasteiger partial charge in [0.2, 0.25) is 0 Å². The molecule has 1 saturated heterocycles. The van der Waals surface area contributed by atoms with Gasteiger partial charge in [-0.05, 0) is 31.4 Å². The van der Waals surface area contributed by atoms with Crippen LogP contribution in [0.3, 0.4) is 0 Å². The molecule has 1 N–H and O–H groups in total. The first-order valence-electron chi connectivity index (χ1n) is 6.07. The molecule has 16 heavy (non-hydrogen) atoms. The summed E-state index contributed by atoms with van der Waals surface area (Å²) in [4.78, 5) is 0. The Hall–Kier alpha value is -0.550. The highest BCUT2D eigenvalue weighted by atomic mass is 32.2. The SMILES string of the molecule is OC1CCCc2nnc(CC3CCCS3)n21. The van der Waals surface area contributed by atoms with Crippen LogP contribution in [0.5, 0.6) is 0 Å². The quantitative estimate of drug-likeness (QED) is 0.850. The number of hydrogen-bond acceptors (Lipinski definition) is 4. The molecule has 88 valence electrons. The van der Waals surface area contributed by atoms with E-state index < -0.39 is 0 Å². The molecule has 0 spiro atoms. The van der Waals surface area contributed by atoms with Crippen molar-refractivity contribution in [3.05, 3.63) is 11.6 Å². The van der Waals surface area contributed by atoms with Crippen LogP contribution < -0.4 is 0 Å². The summed E-state index contributed by atoms with van der Waals surface area (Å²) < 4.78 is 1.96. The highest BCUT2D eigenvalue weighted by molar-refractivity contribution is 8.00. The van der Waals surface area contributed by atoms with Crippen molar-refractivity contribution in [3.8, 4) is 0 Å². The second kappa shape index (κ2) is 4.37. The van der Waals surface area contributed by atoms with E-state index in [1.807, 2.05) is 16.3 Å². The minimum absolute atomic E-state index is 0.389. The molecule has 3 rings (SSSR count). The predicted molar refractivity (Wildman–Crippen MR) is 63.4 cm³/mol. The van der Waals surface area contributed by atoms with E-state index in [-0.39, 0.29) is 6.23 Å². The Morgan fingerprint density at radius 3 is 3.06 bits per heavy atom. The van der Waals surface area contributed by atoms with Gasteiger partial charge in [0.15, 0.2) is 0 Å². The number of aliphatic hydroxyl groups excluding tert-OH is 1. The van der Waals surface area contributed by atoms with Gasteiger partial charge in [-0.3, -0.25) is 4.57 Å². The molecular weight excluding hydrogens is 222 g/mol. The van der Waals surface area contributed by atoms with Crippen molar-refractivity contribution in [1.82, 2.24) is 14.8 Å². The molecule has 0 amide bonds. The van der Waals surface area contributed by atoms with Gasteiger partial charge in [0, 0.05) is 18.1 Å². The molecule has 2 aliphatic rings. The maximum atomic E-state index is 9.98. The van der Waals surface area contributed by atoms with Gasteiger partial charge in [0.05, 0.1) is 0 Å². The van der Waals surface area contributed by atoms with Gasteiger partial charge in [-0.25, -0.2) is 0 Å². The fraction of sp³-hybridized carbons (Fsp3) is 0.818. The zero-order valence-electron chi connectivity index (χ0n) is 9.30. The largest absolute Gasteiger partial charge is 0.373 e. The Kier molecular flexibility index (Phi) is 2.90. The molecule has 1 fully saturated rings. The van der Waals surface area contributed by atoms with Crippen molar-refractivity contribution in [1.29, 1.82) is 0 Å². The number of nitrogens with zero attached hydrogens (tertiary/aromatic N) is 3. The van der Waals surface area contributed by atoms with Crippen LogP contribution in [0, 0.1) is 0 Å². The van der Waals surface area contributed by atoms with Gasteiger partial charge in [0.25, 0.3) is 0 Å². The second-order valence-electron chi connectivity index (χ2n) is 4.61. The van der Waals surface area contributed by atoms with Gasteiger partial charge in [-0.2, -0.15) is 11.8 Å². The smallest absolute Gasteiger partial charge is 0.136 e. The Morgan fingerprint density at radius 2 is 2.25 bits per heavy atom. The molecule has 1 aromatic rings. The van der Waals surface area contributed by atoms with Crippen LogP contribution >= 0.6 is 11.8 Å². The number of aryl methyl sites for hydroxylation is 1. The monoisotopic (exact) mass is 239 g/mol. The Morgan fingerprint density at radius 1 is 1.31 bits per heavy atom. The maximum absolute atomic E-state index is 9.98. The summed E-state index contributed by atoms with van der Waals surface area (Å²) >= 11 is 2.03. The van der Waals surface area contributed by atoms with Gasteiger partial charge in [-0.15, -0.1) is 10.2 Å². The summed E-state index contributed by atoms with van der Waals surface area (Å²) in [6.45, 7) is 0. The lowest BCUT2D eigenvalue weighted by Crippen LogP contribution is -2.21. The van der Waals surface area contributed by atoms with E-state index in [0.717, 1.165) is 37.3 Å². The lowest BCUT2D eigenvalue weighted by atomic mass is 10.1. The van der Waals surface area contributed by atoms with Crippen molar-refractivity contribution < 1.29 is 5.11 Å². The van der Waals surface area contributed by atoms with Crippen molar-refractivity contribution >= 4 is 11.8 Å². The molecule has 0 bridgehead atoms. The standard InChI is InChI=1S/C11H17N3OS/c15-11-5-1-4-9-12-13-10(14(9)11)7-8-3-2-6-16-8/h8,11,15H,1-7H2. The second-order valence-corrected chi connectivity index (χ2v) is 6.02. The number of fused-ring (bicyclic) bond motifs is 1. The van der Waals surface area contributed by atoms with E-state index in [1.54, 1.807) is 0 Å². The highest BCUT2D eigenvalue weighted by Gasteiger charge is 2.25. The third-order valence-corrected chi connectivity index (χ3v) is 4.83. The molecule has 0 saturated carbocycles. The summed E-state index contributed by atoms with van der Waals surface area (Å²) in [5.41, 5.74) is 0. The zero-order chi connectivity index (χ0) is 11.0. The summed E-state index contributed by atoms with van der Waals surface area (Å²) in [5.74, 6) is 3.23. The fourth-order valence-corrected chi connectivity index (χ4v) is 3.86. The molecule has 2 aliphatic heterocycles. The topological polar surface area (TPSA) is 50.9 Å². The highest BCUT2D eigenvalue weighted by Crippen LogP contribution is 2.30. The number of hydrogen-bond donors (Lipinski definition) is 1. The number of aromatic nitrogens is 3. The van der Waals surface area contributed by atoms with Crippen LogP contribution in [0.4, 0.5) is 0 Å². The summed E-state index contributed by atoms with van der Waals surface area (Å²) in [6.07, 6.45) is 6.01. The van der Waals surface area contributed by atoms with E-state index in [1.165, 1.54) is 18.6 Å². The average Bonchev–Trinajstić information content (AvgIpc) is 2.90. The van der Waals surface area contributed by atoms with E-state index in [9.17, 15) is 5.11 Å². The first-order chi connectivity index (χ1) is 7.84. The third-order valence-electron chi connectivity index (χ3n) is 3.43. The number of thioether (sulfide) groups is 1. The summed E-state index contributed by atoms with van der Waals surface area (Å²) in [5, 5.41) is 19.1. The first-order valence-corrected chi connectivity index (χ1v) is 7.12. The predicted octanol–water partition coefficient (Wildman–Crippen LogP) is 1.54. The van der Waals surface area contributed by atoms with Crippen molar-refractivity contribution in [3.63, 3.8) is 0 Å². The van der Waals surface area contributed by atoms with Crippen LogP contribution in [-0.2, 0) is 12.8 Å². The van der Waals surface area contributed by atoms with Gasteiger partial charge >= 0.3 is 0 Å². The van der Waals surface area contributed by atoms with Crippen molar-refractivity contribution in [2.24, 2.45) is 0 Å². The minimum atomic E-state index is -0.389. The first kappa shape index (κ1) is 10.6. The molecule has 2 unspecified atom stereocenters. The summed E-state index contributed by atoms with van der Waals surface area (Å²) in [7, 11) is 0. The van der Waals surface area contributed by atoms with Gasteiger partial charge in [-0.1, -0.05) is 0 Å².